The largest absolute Gasteiger partial charge is 0.493 e. The van der Waals surface area contributed by atoms with Crippen LogP contribution in [0.2, 0.25) is 5.02 Å². The summed E-state index contributed by atoms with van der Waals surface area (Å²) in [5.74, 6) is -0.122. The van der Waals surface area contributed by atoms with Gasteiger partial charge in [0.05, 0.1) is 17.3 Å². The fourth-order valence-electron chi connectivity index (χ4n) is 2.31. The van der Waals surface area contributed by atoms with Gasteiger partial charge >= 0.3 is 5.97 Å². The zero-order valence-corrected chi connectivity index (χ0v) is 15.4. The summed E-state index contributed by atoms with van der Waals surface area (Å²) in [5, 5.41) is 15.3. The van der Waals surface area contributed by atoms with E-state index >= 15 is 0 Å². The van der Waals surface area contributed by atoms with Crippen LogP contribution in [0.4, 0.5) is 0 Å². The van der Waals surface area contributed by atoms with Crippen molar-refractivity contribution in [1.29, 1.82) is 0 Å². The third-order valence-corrected chi connectivity index (χ3v) is 3.75. The van der Waals surface area contributed by atoms with E-state index in [4.69, 9.17) is 16.3 Å². The maximum Gasteiger partial charge on any atom is 0.340 e. The molecule has 2 aromatic heterocycles. The molecule has 1 N–H and O–H groups in total. The van der Waals surface area contributed by atoms with Crippen molar-refractivity contribution in [3.05, 3.63) is 59.4 Å². The lowest BCUT2D eigenvalue weighted by Crippen LogP contribution is -2.24. The van der Waals surface area contributed by atoms with Gasteiger partial charge in [-0.1, -0.05) is 23.7 Å². The molecule has 0 radical (unpaired) electrons. The van der Waals surface area contributed by atoms with Gasteiger partial charge in [-0.15, -0.1) is 0 Å². The highest BCUT2D eigenvalue weighted by atomic mass is 35.5. The Bertz CT molecular complexity index is 926. The molecule has 3 rings (SSSR count). The first-order valence-electron chi connectivity index (χ1n) is 7.97. The molecule has 26 heavy (non-hydrogen) atoms. The van der Waals surface area contributed by atoms with Crippen molar-refractivity contribution >= 4 is 17.6 Å². The van der Waals surface area contributed by atoms with Gasteiger partial charge in [0.15, 0.2) is 5.82 Å². The van der Waals surface area contributed by atoms with Crippen LogP contribution in [0.5, 0.6) is 5.88 Å². The molecule has 1 aromatic carbocycles. The first-order valence-corrected chi connectivity index (χ1v) is 8.35. The Kier molecular flexibility index (Phi) is 4.70. The third kappa shape index (κ3) is 3.86. The van der Waals surface area contributed by atoms with Crippen LogP contribution in [0, 0.1) is 0 Å². The van der Waals surface area contributed by atoms with Crippen LogP contribution in [0.1, 0.15) is 31.1 Å². The molecule has 6 nitrogen and oxygen atoms in total. The maximum atomic E-state index is 12.0. The number of carbonyl (C=O) groups is 1. The van der Waals surface area contributed by atoms with E-state index in [0.717, 1.165) is 5.56 Å². The van der Waals surface area contributed by atoms with Gasteiger partial charge in [0.25, 0.3) is 0 Å². The van der Waals surface area contributed by atoms with Gasteiger partial charge < -0.3 is 9.84 Å². The summed E-state index contributed by atoms with van der Waals surface area (Å²) >= 11 is 5.89. The molecule has 0 bridgehead atoms. The van der Waals surface area contributed by atoms with Crippen LogP contribution < -0.4 is 0 Å². The van der Waals surface area contributed by atoms with Gasteiger partial charge in [-0.25, -0.2) is 9.78 Å². The Labute approximate surface area is 156 Å². The predicted molar refractivity (Wildman–Crippen MR) is 98.6 cm³/mol. The number of pyridine rings is 1. The fraction of sp³-hybridized carbons (Fsp3) is 0.211. The Balaban J connectivity index is 1.86. The van der Waals surface area contributed by atoms with Gasteiger partial charge in [-0.2, -0.15) is 9.78 Å². The highest BCUT2D eigenvalue weighted by Crippen LogP contribution is 2.31. The number of nitrogens with zero attached hydrogens (tertiary/aromatic N) is 3. The lowest BCUT2D eigenvalue weighted by molar-refractivity contribution is 0.00691. The molecule has 0 aliphatic rings. The average Bonchev–Trinajstić information content (AvgIpc) is 2.96. The van der Waals surface area contributed by atoms with E-state index in [1.54, 1.807) is 63.4 Å². The second-order valence-electron chi connectivity index (χ2n) is 6.71. The Morgan fingerprint density at radius 3 is 2.38 bits per heavy atom. The van der Waals surface area contributed by atoms with Gasteiger partial charge in [-0.05, 0) is 50.6 Å². The van der Waals surface area contributed by atoms with Gasteiger partial charge in [0.2, 0.25) is 5.88 Å². The van der Waals surface area contributed by atoms with Crippen LogP contribution in [0.15, 0.2) is 48.8 Å². The highest BCUT2D eigenvalue weighted by molar-refractivity contribution is 6.30. The van der Waals surface area contributed by atoms with E-state index in [1.165, 1.54) is 10.9 Å². The number of benzene rings is 1. The number of esters is 1. The molecule has 0 fully saturated rings. The van der Waals surface area contributed by atoms with Crippen LogP contribution in [-0.4, -0.2) is 31.4 Å². The van der Waals surface area contributed by atoms with Crippen molar-refractivity contribution in [1.82, 2.24) is 14.8 Å². The zero-order chi connectivity index (χ0) is 18.9. The highest BCUT2D eigenvalue weighted by Gasteiger charge is 2.19. The molecule has 0 aliphatic heterocycles. The number of aromatic hydroxyl groups is 1. The molecular formula is C19H18ClN3O3. The smallest absolute Gasteiger partial charge is 0.340 e. The standard InChI is InChI=1S/C19H18ClN3O3/c1-19(2,3)26-18(25)13-6-9-16(21-10-13)23-17(24)15(11-22-23)12-4-7-14(20)8-5-12/h4-11,24H,1-3H3. The van der Waals surface area contributed by atoms with E-state index in [0.29, 0.717) is 22.0 Å². The summed E-state index contributed by atoms with van der Waals surface area (Å²) in [5.41, 5.74) is 1.08. The SMILES string of the molecule is CC(C)(C)OC(=O)c1ccc(-n2ncc(-c3ccc(Cl)cc3)c2O)nc1. The summed E-state index contributed by atoms with van der Waals surface area (Å²) in [6.45, 7) is 5.40. The van der Waals surface area contributed by atoms with Crippen LogP contribution >= 0.6 is 11.6 Å². The molecule has 0 atom stereocenters. The number of halogens is 1. The Hall–Kier alpha value is -2.86. The number of hydrogen-bond acceptors (Lipinski definition) is 5. The molecular weight excluding hydrogens is 354 g/mol. The summed E-state index contributed by atoms with van der Waals surface area (Å²) in [6.07, 6.45) is 2.94. The minimum Gasteiger partial charge on any atom is -0.493 e. The second-order valence-corrected chi connectivity index (χ2v) is 7.14. The van der Waals surface area contributed by atoms with E-state index in [2.05, 4.69) is 10.1 Å². The van der Waals surface area contributed by atoms with E-state index in [-0.39, 0.29) is 5.88 Å². The molecule has 0 saturated carbocycles. The first kappa shape index (κ1) is 17.9. The minimum absolute atomic E-state index is 0.0511. The van der Waals surface area contributed by atoms with Crippen LogP contribution in [0.3, 0.4) is 0 Å². The van der Waals surface area contributed by atoms with Gasteiger partial charge in [-0.3, -0.25) is 0 Å². The van der Waals surface area contributed by atoms with E-state index in [9.17, 15) is 9.90 Å². The monoisotopic (exact) mass is 371 g/mol. The molecule has 7 heteroatoms. The summed E-state index contributed by atoms with van der Waals surface area (Å²) in [4.78, 5) is 16.2. The summed E-state index contributed by atoms with van der Waals surface area (Å²) in [6, 6.07) is 10.2. The van der Waals surface area contributed by atoms with Gasteiger partial charge in [0.1, 0.15) is 5.60 Å². The third-order valence-electron chi connectivity index (χ3n) is 3.50. The van der Waals surface area contributed by atoms with Crippen LogP contribution in [0.25, 0.3) is 16.9 Å². The molecule has 0 unspecified atom stereocenters. The molecule has 0 aliphatic carbocycles. The zero-order valence-electron chi connectivity index (χ0n) is 14.6. The normalized spacial score (nSPS) is 11.4. The van der Waals surface area contributed by atoms with Crippen molar-refractivity contribution in [3.8, 4) is 22.8 Å². The molecule has 0 saturated heterocycles. The number of rotatable bonds is 3. The number of hydrogen-bond donors (Lipinski definition) is 1. The van der Waals surface area contributed by atoms with Crippen molar-refractivity contribution in [2.45, 2.75) is 26.4 Å². The van der Waals surface area contributed by atoms with Crippen LogP contribution in [-0.2, 0) is 4.74 Å². The molecule has 0 spiro atoms. The maximum absolute atomic E-state index is 12.0. The Morgan fingerprint density at radius 2 is 1.81 bits per heavy atom. The Morgan fingerprint density at radius 1 is 1.12 bits per heavy atom. The average molecular weight is 372 g/mol. The lowest BCUT2D eigenvalue weighted by Gasteiger charge is -2.19. The molecule has 3 aromatic rings. The topological polar surface area (TPSA) is 77.2 Å². The number of aromatic nitrogens is 3. The predicted octanol–water partition coefficient (Wildman–Crippen LogP) is 4.25. The molecule has 134 valence electrons. The second kappa shape index (κ2) is 6.80. The fourth-order valence-corrected chi connectivity index (χ4v) is 2.44. The molecule has 2 heterocycles. The summed E-state index contributed by atoms with van der Waals surface area (Å²) < 4.78 is 6.60. The number of carbonyl (C=O) groups excluding carboxylic acids is 1. The van der Waals surface area contributed by atoms with Gasteiger partial charge in [0, 0.05) is 11.2 Å². The quantitative estimate of drug-likeness (QED) is 0.696. The first-order chi connectivity index (χ1) is 12.2. The van der Waals surface area contributed by atoms with Crippen molar-refractivity contribution < 1.29 is 14.6 Å². The molecule has 0 amide bonds. The minimum atomic E-state index is -0.580. The van der Waals surface area contributed by atoms with Crippen molar-refractivity contribution in [2.75, 3.05) is 0 Å². The lowest BCUT2D eigenvalue weighted by atomic mass is 10.1. The van der Waals surface area contributed by atoms with E-state index in [1.807, 2.05) is 0 Å². The van der Waals surface area contributed by atoms with Crippen molar-refractivity contribution in [2.24, 2.45) is 0 Å². The number of ether oxygens (including phenoxy) is 1. The van der Waals surface area contributed by atoms with E-state index < -0.39 is 11.6 Å². The summed E-state index contributed by atoms with van der Waals surface area (Å²) in [7, 11) is 0. The van der Waals surface area contributed by atoms with Crippen molar-refractivity contribution in [3.63, 3.8) is 0 Å².